The molecule has 2 aromatic carbocycles. The summed E-state index contributed by atoms with van der Waals surface area (Å²) >= 11 is 0. The molecule has 0 spiro atoms. The van der Waals surface area contributed by atoms with Gasteiger partial charge in [0, 0.05) is 29.0 Å². The van der Waals surface area contributed by atoms with E-state index in [2.05, 4.69) is 13.2 Å². The van der Waals surface area contributed by atoms with Gasteiger partial charge < -0.3 is 23.7 Å². The minimum absolute atomic E-state index is 0.0786. The highest BCUT2D eigenvalue weighted by Crippen LogP contribution is 2.41. The van der Waals surface area contributed by atoms with Gasteiger partial charge in [0.2, 0.25) is 0 Å². The summed E-state index contributed by atoms with van der Waals surface area (Å²) in [6.07, 6.45) is 2.19. The summed E-state index contributed by atoms with van der Waals surface area (Å²) in [7, 11) is 1.52. The number of fused-ring (bicyclic) bond motifs is 1. The zero-order valence-electron chi connectivity index (χ0n) is 15.6. The Morgan fingerprint density at radius 1 is 0.857 bits per heavy atom. The van der Waals surface area contributed by atoms with Crippen LogP contribution >= 0.6 is 0 Å². The summed E-state index contributed by atoms with van der Waals surface area (Å²) in [5.41, 5.74) is 0. The first-order valence-electron chi connectivity index (χ1n) is 8.54. The van der Waals surface area contributed by atoms with E-state index in [9.17, 15) is 9.59 Å². The van der Waals surface area contributed by atoms with E-state index in [0.29, 0.717) is 17.2 Å². The normalized spacial score (nSPS) is 10.0. The maximum absolute atomic E-state index is 11.1. The molecule has 0 saturated heterocycles. The molecule has 0 heterocycles. The first-order chi connectivity index (χ1) is 13.6. The Bertz CT molecular complexity index is 857. The molecule has 0 saturated carbocycles. The van der Waals surface area contributed by atoms with Crippen molar-refractivity contribution in [2.45, 2.75) is 0 Å². The summed E-state index contributed by atoms with van der Waals surface area (Å²) in [6.45, 7) is 7.17. The maximum atomic E-state index is 11.1. The Kier molecular flexibility index (Phi) is 7.90. The van der Waals surface area contributed by atoms with Crippen molar-refractivity contribution in [2.75, 3.05) is 33.5 Å². The van der Waals surface area contributed by atoms with E-state index in [0.717, 1.165) is 22.9 Å². The van der Waals surface area contributed by atoms with Crippen LogP contribution in [0.3, 0.4) is 0 Å². The molecule has 7 heteroatoms. The van der Waals surface area contributed by atoms with Crippen LogP contribution in [-0.4, -0.2) is 45.5 Å². The fourth-order valence-electron chi connectivity index (χ4n) is 2.41. The van der Waals surface area contributed by atoms with Crippen molar-refractivity contribution >= 4 is 22.7 Å². The predicted molar refractivity (Wildman–Crippen MR) is 104 cm³/mol. The van der Waals surface area contributed by atoms with Crippen molar-refractivity contribution in [1.82, 2.24) is 0 Å². The van der Waals surface area contributed by atoms with Gasteiger partial charge in [0.05, 0.1) is 7.11 Å². The van der Waals surface area contributed by atoms with E-state index in [4.69, 9.17) is 23.7 Å². The molecule has 148 valence electrons. The van der Waals surface area contributed by atoms with E-state index < -0.39 is 11.9 Å². The zero-order chi connectivity index (χ0) is 20.4. The van der Waals surface area contributed by atoms with Crippen LogP contribution in [0.5, 0.6) is 17.2 Å². The van der Waals surface area contributed by atoms with Crippen molar-refractivity contribution in [3.8, 4) is 17.2 Å². The molecule has 0 aliphatic heterocycles. The molecule has 7 nitrogen and oxygen atoms in total. The van der Waals surface area contributed by atoms with Crippen LogP contribution in [0.15, 0.2) is 55.6 Å². The van der Waals surface area contributed by atoms with Gasteiger partial charge in [0.15, 0.2) is 11.5 Å². The smallest absolute Gasteiger partial charge is 0.330 e. The molecule has 0 N–H and O–H groups in total. The molecule has 0 aliphatic carbocycles. The van der Waals surface area contributed by atoms with Crippen molar-refractivity contribution in [3.63, 3.8) is 0 Å². The summed E-state index contributed by atoms with van der Waals surface area (Å²) in [5, 5.41) is 1.58. The van der Waals surface area contributed by atoms with E-state index in [1.54, 1.807) is 6.07 Å². The summed E-state index contributed by atoms with van der Waals surface area (Å²) in [6, 6.07) is 9.18. The first kappa shape index (κ1) is 20.8. The molecule has 0 atom stereocenters. The van der Waals surface area contributed by atoms with E-state index in [-0.39, 0.29) is 26.4 Å². The molecular weight excluding hydrogens is 364 g/mol. The standard InChI is InChI=1S/C21H22O7/c1-4-19(22)26-11-10-25-17-14-18(24-3)21(16-9-7-6-8-15(16)17)28-13-12-27-20(23)5-2/h4-9,14H,1-2,10-13H2,3H3. The van der Waals surface area contributed by atoms with Gasteiger partial charge in [-0.2, -0.15) is 0 Å². The molecule has 0 fully saturated rings. The number of benzene rings is 2. The minimum atomic E-state index is -0.513. The second-order valence-corrected chi connectivity index (χ2v) is 5.39. The average Bonchev–Trinajstić information content (AvgIpc) is 2.74. The Labute approximate surface area is 163 Å². The Balaban J connectivity index is 2.17. The van der Waals surface area contributed by atoms with Crippen LogP contribution in [0, 0.1) is 0 Å². The van der Waals surface area contributed by atoms with Crippen molar-refractivity contribution in [1.29, 1.82) is 0 Å². The molecule has 2 rings (SSSR count). The number of esters is 2. The van der Waals surface area contributed by atoms with Gasteiger partial charge in [-0.15, -0.1) is 0 Å². The highest BCUT2D eigenvalue weighted by atomic mass is 16.6. The zero-order valence-corrected chi connectivity index (χ0v) is 15.6. The van der Waals surface area contributed by atoms with Crippen molar-refractivity contribution < 1.29 is 33.3 Å². The Morgan fingerprint density at radius 2 is 1.43 bits per heavy atom. The lowest BCUT2D eigenvalue weighted by Crippen LogP contribution is -2.12. The number of hydrogen-bond donors (Lipinski definition) is 0. The average molecular weight is 386 g/mol. The largest absolute Gasteiger partial charge is 0.493 e. The first-order valence-corrected chi connectivity index (χ1v) is 8.54. The molecular formula is C21H22O7. The van der Waals surface area contributed by atoms with Crippen LogP contribution in [0.4, 0.5) is 0 Å². The lowest BCUT2D eigenvalue weighted by Gasteiger charge is -2.17. The molecule has 0 aromatic heterocycles. The van der Waals surface area contributed by atoms with Crippen LogP contribution < -0.4 is 14.2 Å². The van der Waals surface area contributed by atoms with Gasteiger partial charge >= 0.3 is 11.9 Å². The van der Waals surface area contributed by atoms with E-state index >= 15 is 0 Å². The predicted octanol–water partition coefficient (Wildman–Crippen LogP) is 3.06. The topological polar surface area (TPSA) is 80.3 Å². The van der Waals surface area contributed by atoms with Crippen molar-refractivity contribution in [3.05, 3.63) is 55.6 Å². The highest BCUT2D eigenvalue weighted by molar-refractivity contribution is 5.95. The van der Waals surface area contributed by atoms with E-state index in [1.165, 1.54) is 7.11 Å². The second-order valence-electron chi connectivity index (χ2n) is 5.39. The third kappa shape index (κ3) is 5.51. The number of methoxy groups -OCH3 is 1. The number of rotatable bonds is 11. The third-order valence-electron chi connectivity index (χ3n) is 3.64. The van der Waals surface area contributed by atoms with Gasteiger partial charge in [-0.3, -0.25) is 0 Å². The monoisotopic (exact) mass is 386 g/mol. The second kappa shape index (κ2) is 10.6. The molecule has 0 bridgehead atoms. The third-order valence-corrected chi connectivity index (χ3v) is 3.64. The highest BCUT2D eigenvalue weighted by Gasteiger charge is 2.15. The van der Waals surface area contributed by atoms with Crippen LogP contribution in [0.25, 0.3) is 10.8 Å². The van der Waals surface area contributed by atoms with E-state index in [1.807, 2.05) is 24.3 Å². The molecule has 0 aliphatic rings. The molecule has 2 aromatic rings. The lowest BCUT2D eigenvalue weighted by atomic mass is 10.1. The van der Waals surface area contributed by atoms with Crippen molar-refractivity contribution in [2.24, 2.45) is 0 Å². The quantitative estimate of drug-likeness (QED) is 0.333. The van der Waals surface area contributed by atoms with Crippen LogP contribution in [0.1, 0.15) is 0 Å². The summed E-state index contributed by atoms with van der Waals surface area (Å²) in [4.78, 5) is 22.2. The fraction of sp³-hybridized carbons (Fsp3) is 0.238. The number of hydrogen-bond acceptors (Lipinski definition) is 7. The Hall–Kier alpha value is -3.48. The van der Waals surface area contributed by atoms with Gasteiger partial charge in [-0.05, 0) is 0 Å². The van der Waals surface area contributed by atoms with Gasteiger partial charge in [0.25, 0.3) is 0 Å². The summed E-state index contributed by atoms with van der Waals surface area (Å²) < 4.78 is 26.8. The number of carbonyl (C=O) groups excluding carboxylic acids is 2. The molecule has 0 unspecified atom stereocenters. The number of ether oxygens (including phenoxy) is 5. The maximum Gasteiger partial charge on any atom is 0.330 e. The molecule has 28 heavy (non-hydrogen) atoms. The lowest BCUT2D eigenvalue weighted by molar-refractivity contribution is -0.139. The SMILES string of the molecule is C=CC(=O)OCCOc1cc(OC)c(OCCOC(=O)C=C)c2ccccc12. The van der Waals surface area contributed by atoms with Crippen LogP contribution in [0.2, 0.25) is 0 Å². The van der Waals surface area contributed by atoms with Gasteiger partial charge in [-0.25, -0.2) is 9.59 Å². The molecule has 0 amide bonds. The number of carbonyl (C=O) groups is 2. The Morgan fingerprint density at radius 3 is 2.00 bits per heavy atom. The van der Waals surface area contributed by atoms with Gasteiger partial charge in [-0.1, -0.05) is 37.4 Å². The fourth-order valence-corrected chi connectivity index (χ4v) is 2.41. The molecule has 0 radical (unpaired) electrons. The van der Waals surface area contributed by atoms with Gasteiger partial charge in [0.1, 0.15) is 32.2 Å². The minimum Gasteiger partial charge on any atom is -0.493 e. The summed E-state index contributed by atoms with van der Waals surface area (Å²) in [5.74, 6) is 0.519. The van der Waals surface area contributed by atoms with Crippen LogP contribution in [-0.2, 0) is 19.1 Å².